The summed E-state index contributed by atoms with van der Waals surface area (Å²) in [7, 11) is 3.80. The van der Waals surface area contributed by atoms with Gasteiger partial charge in [-0.1, -0.05) is 41.9 Å². The monoisotopic (exact) mass is 391 g/mol. The quantitative estimate of drug-likeness (QED) is 0.585. The van der Waals surface area contributed by atoms with Crippen LogP contribution in [0.3, 0.4) is 0 Å². The van der Waals surface area contributed by atoms with Crippen LogP contribution < -0.4 is 10.6 Å². The lowest BCUT2D eigenvalue weighted by Gasteiger charge is -2.25. The minimum atomic E-state index is -0.692. The Kier molecular flexibility index (Phi) is 7.50. The second kappa shape index (κ2) is 9.62. The molecule has 138 valence electrons. The van der Waals surface area contributed by atoms with Crippen molar-refractivity contribution in [2.24, 2.45) is 0 Å². The number of hydrogen-bond donors (Lipinski definition) is 2. The van der Waals surface area contributed by atoms with Crippen LogP contribution in [0.1, 0.15) is 11.6 Å². The van der Waals surface area contributed by atoms with Crippen molar-refractivity contribution < 1.29 is 9.59 Å². The molecule has 1 atom stereocenters. The molecule has 0 saturated heterocycles. The van der Waals surface area contributed by atoms with Crippen molar-refractivity contribution in [3.63, 3.8) is 0 Å². The van der Waals surface area contributed by atoms with Crippen molar-refractivity contribution in [2.45, 2.75) is 10.9 Å². The van der Waals surface area contributed by atoms with Gasteiger partial charge < -0.3 is 15.5 Å². The van der Waals surface area contributed by atoms with E-state index < -0.39 is 11.8 Å². The van der Waals surface area contributed by atoms with Crippen LogP contribution in [0, 0.1) is 0 Å². The topological polar surface area (TPSA) is 61.4 Å². The Labute approximate surface area is 163 Å². The molecule has 0 spiro atoms. The van der Waals surface area contributed by atoms with Gasteiger partial charge in [0.25, 0.3) is 0 Å². The molecule has 2 aromatic rings. The van der Waals surface area contributed by atoms with E-state index in [1.54, 1.807) is 12.1 Å². The molecule has 0 aliphatic rings. The zero-order valence-electron chi connectivity index (χ0n) is 15.0. The van der Waals surface area contributed by atoms with E-state index in [-0.39, 0.29) is 12.6 Å². The van der Waals surface area contributed by atoms with E-state index in [9.17, 15) is 9.59 Å². The van der Waals surface area contributed by atoms with Crippen LogP contribution in [0.5, 0.6) is 0 Å². The highest BCUT2D eigenvalue weighted by Gasteiger charge is 2.20. The zero-order chi connectivity index (χ0) is 19.1. The number of carbonyl (C=O) groups is 2. The molecule has 2 rings (SSSR count). The number of para-hydroxylation sites is 1. The molecule has 0 saturated carbocycles. The summed E-state index contributed by atoms with van der Waals surface area (Å²) < 4.78 is 0. The van der Waals surface area contributed by atoms with Gasteiger partial charge in [0.2, 0.25) is 0 Å². The summed E-state index contributed by atoms with van der Waals surface area (Å²) in [6.45, 7) is 0.271. The first-order valence-electron chi connectivity index (χ1n) is 8.07. The second-order valence-corrected chi connectivity index (χ2v) is 7.12. The number of amides is 2. The molecule has 2 N–H and O–H groups in total. The van der Waals surface area contributed by atoms with Gasteiger partial charge in [0.05, 0.1) is 11.7 Å². The number of hydrogen-bond acceptors (Lipinski definition) is 4. The first-order chi connectivity index (χ1) is 12.4. The van der Waals surface area contributed by atoms with E-state index in [1.807, 2.05) is 61.6 Å². The Morgan fingerprint density at radius 3 is 2.38 bits per heavy atom. The molecular weight excluding hydrogens is 370 g/mol. The Morgan fingerprint density at radius 2 is 1.73 bits per heavy atom. The van der Waals surface area contributed by atoms with E-state index in [1.165, 1.54) is 11.8 Å². The number of benzene rings is 2. The number of nitrogens with one attached hydrogen (secondary N) is 2. The first kappa shape index (κ1) is 20.3. The maximum absolute atomic E-state index is 12.2. The number of carbonyl (C=O) groups excluding carboxylic acids is 2. The average molecular weight is 392 g/mol. The van der Waals surface area contributed by atoms with Crippen LogP contribution in [0.2, 0.25) is 5.02 Å². The molecule has 1 unspecified atom stereocenters. The maximum atomic E-state index is 12.2. The van der Waals surface area contributed by atoms with E-state index in [0.29, 0.717) is 10.7 Å². The third kappa shape index (κ3) is 5.24. The lowest BCUT2D eigenvalue weighted by Crippen LogP contribution is -2.40. The van der Waals surface area contributed by atoms with Crippen molar-refractivity contribution in [3.05, 3.63) is 59.1 Å². The Morgan fingerprint density at radius 1 is 1.08 bits per heavy atom. The molecule has 7 heteroatoms. The van der Waals surface area contributed by atoms with Crippen molar-refractivity contribution in [2.75, 3.05) is 32.2 Å². The highest BCUT2D eigenvalue weighted by molar-refractivity contribution is 7.98. The minimum absolute atomic E-state index is 0.140. The molecule has 0 fully saturated rings. The van der Waals surface area contributed by atoms with Gasteiger partial charge in [-0.2, -0.15) is 0 Å². The normalized spacial score (nSPS) is 11.9. The number of nitrogens with zero attached hydrogens (tertiary/aromatic N) is 1. The highest BCUT2D eigenvalue weighted by Crippen LogP contribution is 2.26. The van der Waals surface area contributed by atoms with Gasteiger partial charge in [-0.05, 0) is 44.1 Å². The predicted octanol–water partition coefficient (Wildman–Crippen LogP) is 3.42. The van der Waals surface area contributed by atoms with Gasteiger partial charge in [0, 0.05) is 16.5 Å². The predicted molar refractivity (Wildman–Crippen MR) is 108 cm³/mol. The molecule has 0 aliphatic heterocycles. The van der Waals surface area contributed by atoms with Crippen molar-refractivity contribution in [3.8, 4) is 0 Å². The smallest absolute Gasteiger partial charge is 0.313 e. The zero-order valence-corrected chi connectivity index (χ0v) is 16.5. The highest BCUT2D eigenvalue weighted by atomic mass is 35.5. The average Bonchev–Trinajstić information content (AvgIpc) is 2.63. The lowest BCUT2D eigenvalue weighted by molar-refractivity contribution is -0.136. The fraction of sp³-hybridized carbons (Fsp3) is 0.263. The molecule has 2 amide bonds. The van der Waals surface area contributed by atoms with Gasteiger partial charge in [-0.15, -0.1) is 11.8 Å². The Bertz CT molecular complexity index is 783. The van der Waals surface area contributed by atoms with E-state index in [2.05, 4.69) is 10.6 Å². The molecule has 0 aliphatic carbocycles. The third-order valence-electron chi connectivity index (χ3n) is 3.90. The number of thioether (sulfide) groups is 1. The van der Waals surface area contributed by atoms with Crippen LogP contribution in [0.4, 0.5) is 5.69 Å². The van der Waals surface area contributed by atoms with E-state index in [0.717, 1.165) is 10.5 Å². The maximum Gasteiger partial charge on any atom is 0.313 e. The molecule has 5 nitrogen and oxygen atoms in total. The Hall–Kier alpha value is -2.02. The summed E-state index contributed by atoms with van der Waals surface area (Å²) in [6.07, 6.45) is 1.91. The molecule has 2 aromatic carbocycles. The first-order valence-corrected chi connectivity index (χ1v) is 9.67. The van der Waals surface area contributed by atoms with Crippen LogP contribution in [0.25, 0.3) is 0 Å². The van der Waals surface area contributed by atoms with Crippen LogP contribution in [-0.4, -0.2) is 43.6 Å². The molecule has 0 bridgehead atoms. The van der Waals surface area contributed by atoms with Crippen molar-refractivity contribution in [1.82, 2.24) is 10.2 Å². The fourth-order valence-corrected chi connectivity index (χ4v) is 3.33. The fourth-order valence-electron chi connectivity index (χ4n) is 2.51. The Balaban J connectivity index is 2.02. The lowest BCUT2D eigenvalue weighted by atomic mass is 10.1. The van der Waals surface area contributed by atoms with Crippen LogP contribution >= 0.6 is 23.4 Å². The van der Waals surface area contributed by atoms with Gasteiger partial charge in [0.15, 0.2) is 0 Å². The molecule has 26 heavy (non-hydrogen) atoms. The van der Waals surface area contributed by atoms with Gasteiger partial charge in [-0.25, -0.2) is 0 Å². The summed E-state index contributed by atoms with van der Waals surface area (Å²) in [5.74, 6) is -1.37. The number of rotatable bonds is 6. The summed E-state index contributed by atoms with van der Waals surface area (Å²) in [5.41, 5.74) is 1.52. The van der Waals surface area contributed by atoms with Gasteiger partial charge in [0.1, 0.15) is 0 Å². The number of anilines is 1. The van der Waals surface area contributed by atoms with Gasteiger partial charge in [-0.3, -0.25) is 9.59 Å². The molecule has 0 aromatic heterocycles. The minimum Gasteiger partial charge on any atom is -0.346 e. The SMILES string of the molecule is CSc1ccccc1NC(=O)C(=O)NCC(c1ccccc1Cl)N(C)C. The van der Waals surface area contributed by atoms with Gasteiger partial charge >= 0.3 is 11.8 Å². The summed E-state index contributed by atoms with van der Waals surface area (Å²) >= 11 is 7.76. The van der Waals surface area contributed by atoms with Crippen LogP contribution in [0.15, 0.2) is 53.4 Å². The second-order valence-electron chi connectivity index (χ2n) is 5.87. The molecule has 0 radical (unpaired) electrons. The summed E-state index contributed by atoms with van der Waals surface area (Å²) in [4.78, 5) is 27.2. The molecular formula is C19H22ClN3O2S. The number of likely N-dealkylation sites (N-methyl/N-ethyl adjacent to an activating group) is 1. The summed E-state index contributed by atoms with van der Waals surface area (Å²) in [6, 6.07) is 14.7. The van der Waals surface area contributed by atoms with E-state index >= 15 is 0 Å². The van der Waals surface area contributed by atoms with Crippen molar-refractivity contribution in [1.29, 1.82) is 0 Å². The number of halogens is 1. The summed E-state index contributed by atoms with van der Waals surface area (Å²) in [5, 5.41) is 5.97. The van der Waals surface area contributed by atoms with E-state index in [4.69, 9.17) is 11.6 Å². The largest absolute Gasteiger partial charge is 0.346 e. The van der Waals surface area contributed by atoms with Crippen LogP contribution in [-0.2, 0) is 9.59 Å². The standard InChI is InChI=1S/C19H22ClN3O2S/c1-23(2)16(13-8-4-5-9-14(13)20)12-21-18(24)19(25)22-15-10-6-7-11-17(15)26-3/h4-11,16H,12H2,1-3H3,(H,21,24)(H,22,25). The molecule has 0 heterocycles. The third-order valence-corrected chi connectivity index (χ3v) is 5.04. The van der Waals surface area contributed by atoms with Crippen molar-refractivity contribution >= 4 is 40.9 Å².